The first-order valence-electron chi connectivity index (χ1n) is 4.81. The van der Waals surface area contributed by atoms with Gasteiger partial charge in [-0.15, -0.1) is 5.10 Å². The van der Waals surface area contributed by atoms with Crippen LogP contribution in [0.15, 0.2) is 26.4 Å². The number of aromatic nitrogens is 3. The van der Waals surface area contributed by atoms with Crippen LogP contribution < -0.4 is 5.32 Å². The molecule has 0 aliphatic carbocycles. The number of nitrogens with zero attached hydrogens (tertiary/aromatic N) is 2. The molecule has 90 valence electrons. The zero-order valence-corrected chi connectivity index (χ0v) is 11.3. The quantitative estimate of drug-likeness (QED) is 0.847. The summed E-state index contributed by atoms with van der Waals surface area (Å²) in [5.74, 6) is 1.01. The zero-order valence-electron chi connectivity index (χ0n) is 8.86. The van der Waals surface area contributed by atoms with Crippen molar-refractivity contribution < 1.29 is 9.21 Å². The van der Waals surface area contributed by atoms with E-state index in [1.165, 1.54) is 11.8 Å². The SMILES string of the molecule is CCSc1n[nH]c(NC(=O)c2ccc(Br)o2)n1. The molecule has 0 fully saturated rings. The van der Waals surface area contributed by atoms with Crippen molar-refractivity contribution >= 4 is 39.5 Å². The molecule has 2 rings (SSSR count). The third kappa shape index (κ3) is 3.10. The lowest BCUT2D eigenvalue weighted by atomic mass is 10.4. The summed E-state index contributed by atoms with van der Waals surface area (Å²) in [5, 5.41) is 9.72. The number of aromatic amines is 1. The van der Waals surface area contributed by atoms with Crippen molar-refractivity contribution in [3.8, 4) is 0 Å². The van der Waals surface area contributed by atoms with Gasteiger partial charge in [-0.2, -0.15) is 4.98 Å². The van der Waals surface area contributed by atoms with Crippen LogP contribution in [-0.4, -0.2) is 26.8 Å². The maximum Gasteiger partial charge on any atom is 0.293 e. The molecule has 2 heterocycles. The van der Waals surface area contributed by atoms with E-state index in [1.807, 2.05) is 6.92 Å². The van der Waals surface area contributed by atoms with Crippen molar-refractivity contribution in [1.29, 1.82) is 0 Å². The van der Waals surface area contributed by atoms with Gasteiger partial charge in [0, 0.05) is 0 Å². The summed E-state index contributed by atoms with van der Waals surface area (Å²) in [5.41, 5.74) is 0. The van der Waals surface area contributed by atoms with Gasteiger partial charge in [0.15, 0.2) is 10.4 Å². The molecule has 8 heteroatoms. The van der Waals surface area contributed by atoms with Crippen LogP contribution in [0.5, 0.6) is 0 Å². The first-order chi connectivity index (χ1) is 8.19. The lowest BCUT2D eigenvalue weighted by Gasteiger charge is -1.96. The number of carbonyl (C=O) groups excluding carboxylic acids is 1. The highest BCUT2D eigenvalue weighted by Crippen LogP contribution is 2.16. The molecule has 0 unspecified atom stereocenters. The van der Waals surface area contributed by atoms with Crippen LogP contribution >= 0.6 is 27.7 Å². The molecule has 0 aromatic carbocycles. The summed E-state index contributed by atoms with van der Waals surface area (Å²) in [6, 6.07) is 3.21. The molecule has 0 bridgehead atoms. The largest absolute Gasteiger partial charge is 0.444 e. The van der Waals surface area contributed by atoms with Gasteiger partial charge in [0.05, 0.1) is 0 Å². The molecule has 17 heavy (non-hydrogen) atoms. The van der Waals surface area contributed by atoms with Gasteiger partial charge >= 0.3 is 0 Å². The van der Waals surface area contributed by atoms with Crippen LogP contribution in [0.2, 0.25) is 0 Å². The number of thioether (sulfide) groups is 1. The van der Waals surface area contributed by atoms with E-state index in [-0.39, 0.29) is 11.7 Å². The van der Waals surface area contributed by atoms with Crippen LogP contribution in [0.3, 0.4) is 0 Å². The monoisotopic (exact) mass is 316 g/mol. The first kappa shape index (κ1) is 12.2. The highest BCUT2D eigenvalue weighted by atomic mass is 79.9. The number of nitrogens with one attached hydrogen (secondary N) is 2. The Morgan fingerprint density at radius 3 is 3.12 bits per heavy atom. The first-order valence-corrected chi connectivity index (χ1v) is 6.58. The number of anilines is 1. The Hall–Kier alpha value is -1.28. The van der Waals surface area contributed by atoms with Gasteiger partial charge in [-0.1, -0.05) is 18.7 Å². The Labute approximate surface area is 110 Å². The fourth-order valence-corrected chi connectivity index (χ4v) is 1.93. The minimum Gasteiger partial charge on any atom is -0.444 e. The predicted molar refractivity (Wildman–Crippen MR) is 67.1 cm³/mol. The van der Waals surface area contributed by atoms with Crippen LogP contribution in [0.25, 0.3) is 0 Å². The van der Waals surface area contributed by atoms with Crippen molar-refractivity contribution in [3.63, 3.8) is 0 Å². The molecule has 0 atom stereocenters. The molecule has 1 amide bonds. The summed E-state index contributed by atoms with van der Waals surface area (Å²) >= 11 is 4.61. The third-order valence-corrected chi connectivity index (χ3v) is 2.92. The number of hydrogen-bond donors (Lipinski definition) is 2. The summed E-state index contributed by atoms with van der Waals surface area (Å²) < 4.78 is 5.61. The number of H-pyrrole nitrogens is 1. The number of rotatable bonds is 4. The number of carbonyl (C=O) groups is 1. The van der Waals surface area contributed by atoms with E-state index in [0.717, 1.165) is 5.75 Å². The lowest BCUT2D eigenvalue weighted by molar-refractivity contribution is 0.0994. The van der Waals surface area contributed by atoms with Crippen molar-refractivity contribution in [1.82, 2.24) is 15.2 Å². The molecule has 0 saturated carbocycles. The van der Waals surface area contributed by atoms with E-state index in [9.17, 15) is 4.79 Å². The van der Waals surface area contributed by atoms with Crippen LogP contribution in [0, 0.1) is 0 Å². The van der Waals surface area contributed by atoms with Gasteiger partial charge in [0.2, 0.25) is 11.1 Å². The Balaban J connectivity index is 2.02. The van der Waals surface area contributed by atoms with Gasteiger partial charge in [-0.05, 0) is 33.8 Å². The minimum atomic E-state index is -0.375. The molecule has 0 radical (unpaired) electrons. The summed E-state index contributed by atoms with van der Waals surface area (Å²) in [6.45, 7) is 2.00. The zero-order chi connectivity index (χ0) is 12.3. The smallest absolute Gasteiger partial charge is 0.293 e. The Morgan fingerprint density at radius 1 is 1.65 bits per heavy atom. The Morgan fingerprint density at radius 2 is 2.47 bits per heavy atom. The average Bonchev–Trinajstić information content (AvgIpc) is 2.88. The molecule has 0 saturated heterocycles. The van der Waals surface area contributed by atoms with Gasteiger partial charge in [0.1, 0.15) is 0 Å². The highest BCUT2D eigenvalue weighted by molar-refractivity contribution is 9.10. The Bertz CT molecular complexity index is 525. The maximum atomic E-state index is 11.7. The van der Waals surface area contributed by atoms with E-state index in [1.54, 1.807) is 12.1 Å². The summed E-state index contributed by atoms with van der Waals surface area (Å²) in [6.07, 6.45) is 0. The normalized spacial score (nSPS) is 10.5. The third-order valence-electron chi connectivity index (χ3n) is 1.77. The molecule has 0 aliphatic rings. The Kier molecular flexibility index (Phi) is 3.85. The van der Waals surface area contributed by atoms with Crippen molar-refractivity contribution in [2.24, 2.45) is 0 Å². The second-order valence-electron chi connectivity index (χ2n) is 2.96. The maximum absolute atomic E-state index is 11.7. The van der Waals surface area contributed by atoms with E-state index in [2.05, 4.69) is 36.4 Å². The topological polar surface area (TPSA) is 83.8 Å². The van der Waals surface area contributed by atoms with E-state index in [4.69, 9.17) is 4.42 Å². The minimum absolute atomic E-state index is 0.206. The molecule has 0 aliphatic heterocycles. The fourth-order valence-electron chi connectivity index (χ4n) is 1.10. The number of hydrogen-bond acceptors (Lipinski definition) is 5. The van der Waals surface area contributed by atoms with Crippen LogP contribution in [0.1, 0.15) is 17.5 Å². The molecule has 2 aromatic heterocycles. The molecular weight excluding hydrogens is 308 g/mol. The van der Waals surface area contributed by atoms with Crippen molar-refractivity contribution in [3.05, 3.63) is 22.6 Å². The summed E-state index contributed by atoms with van der Waals surface area (Å²) in [4.78, 5) is 15.8. The molecule has 0 spiro atoms. The van der Waals surface area contributed by atoms with Gasteiger partial charge in [-0.25, -0.2) is 5.10 Å². The van der Waals surface area contributed by atoms with Gasteiger partial charge in [0.25, 0.3) is 5.91 Å². The number of furan rings is 1. The lowest BCUT2D eigenvalue weighted by Crippen LogP contribution is -2.11. The molecular formula is C9H9BrN4O2S. The van der Waals surface area contributed by atoms with Crippen LogP contribution in [0.4, 0.5) is 5.95 Å². The molecule has 2 aromatic rings. The number of amides is 1. The van der Waals surface area contributed by atoms with Crippen LogP contribution in [-0.2, 0) is 0 Å². The van der Waals surface area contributed by atoms with E-state index >= 15 is 0 Å². The second kappa shape index (κ2) is 5.37. The summed E-state index contributed by atoms with van der Waals surface area (Å²) in [7, 11) is 0. The standard InChI is InChI=1S/C9H9BrN4O2S/c1-2-17-9-12-8(13-14-9)11-7(15)5-3-4-6(10)16-5/h3-4H,2H2,1H3,(H2,11,12,13,14,15). The second-order valence-corrected chi connectivity index (χ2v) is 4.97. The molecule has 6 nitrogen and oxygen atoms in total. The van der Waals surface area contributed by atoms with E-state index in [0.29, 0.717) is 15.8 Å². The fraction of sp³-hybridized carbons (Fsp3) is 0.222. The van der Waals surface area contributed by atoms with Crippen molar-refractivity contribution in [2.45, 2.75) is 12.1 Å². The van der Waals surface area contributed by atoms with Gasteiger partial charge < -0.3 is 4.42 Å². The average molecular weight is 317 g/mol. The highest BCUT2D eigenvalue weighted by Gasteiger charge is 2.12. The predicted octanol–water partition coefficient (Wildman–Crippen LogP) is 2.52. The van der Waals surface area contributed by atoms with Gasteiger partial charge in [-0.3, -0.25) is 10.1 Å². The van der Waals surface area contributed by atoms with Crippen molar-refractivity contribution in [2.75, 3.05) is 11.1 Å². The number of halogens is 1. The van der Waals surface area contributed by atoms with E-state index < -0.39 is 0 Å². The molecule has 2 N–H and O–H groups in total.